The highest BCUT2D eigenvalue weighted by molar-refractivity contribution is 6.30. The van der Waals surface area contributed by atoms with Gasteiger partial charge >= 0.3 is 0 Å². The van der Waals surface area contributed by atoms with Crippen molar-refractivity contribution in [2.24, 2.45) is 5.92 Å². The standard InChI is InChI=1S/C16H24ClNO/c1-16(2,3)14-9-13(17)8-12(15(14)19)7-11-5-4-6-18-10-11/h8-9,11,18-19H,4-7,10H2,1-3H3. The van der Waals surface area contributed by atoms with E-state index in [1.807, 2.05) is 12.1 Å². The van der Waals surface area contributed by atoms with Gasteiger partial charge in [-0.15, -0.1) is 0 Å². The van der Waals surface area contributed by atoms with Crippen molar-refractivity contribution in [2.75, 3.05) is 13.1 Å². The maximum atomic E-state index is 10.5. The van der Waals surface area contributed by atoms with Crippen molar-refractivity contribution in [3.05, 3.63) is 28.3 Å². The molecule has 1 aliphatic rings. The fourth-order valence-electron chi connectivity index (χ4n) is 2.79. The first kappa shape index (κ1) is 14.7. The Balaban J connectivity index is 2.27. The van der Waals surface area contributed by atoms with Crippen LogP contribution in [0.2, 0.25) is 5.02 Å². The highest BCUT2D eigenvalue weighted by Crippen LogP contribution is 2.37. The second kappa shape index (κ2) is 5.72. The molecule has 1 aromatic rings. The summed E-state index contributed by atoms with van der Waals surface area (Å²) in [5.74, 6) is 1.04. The third-order valence-electron chi connectivity index (χ3n) is 3.87. The van der Waals surface area contributed by atoms with Crippen molar-refractivity contribution in [1.29, 1.82) is 0 Å². The van der Waals surface area contributed by atoms with Gasteiger partial charge in [0.05, 0.1) is 0 Å². The summed E-state index contributed by atoms with van der Waals surface area (Å²) < 4.78 is 0. The molecule has 1 fully saturated rings. The molecule has 106 valence electrons. The SMILES string of the molecule is CC(C)(C)c1cc(Cl)cc(CC2CCCNC2)c1O. The monoisotopic (exact) mass is 281 g/mol. The highest BCUT2D eigenvalue weighted by Gasteiger charge is 2.23. The van der Waals surface area contributed by atoms with Gasteiger partial charge in [0.25, 0.3) is 0 Å². The van der Waals surface area contributed by atoms with Crippen LogP contribution in [0.1, 0.15) is 44.7 Å². The number of hydrogen-bond donors (Lipinski definition) is 2. The average Bonchev–Trinajstić information content (AvgIpc) is 2.33. The van der Waals surface area contributed by atoms with Crippen LogP contribution < -0.4 is 5.32 Å². The zero-order valence-electron chi connectivity index (χ0n) is 12.1. The van der Waals surface area contributed by atoms with Crippen LogP contribution >= 0.6 is 11.6 Å². The van der Waals surface area contributed by atoms with Crippen molar-refractivity contribution in [3.63, 3.8) is 0 Å². The van der Waals surface area contributed by atoms with Crippen molar-refractivity contribution < 1.29 is 5.11 Å². The van der Waals surface area contributed by atoms with Crippen LogP contribution in [0.5, 0.6) is 5.75 Å². The molecular weight excluding hydrogens is 258 g/mol. The lowest BCUT2D eigenvalue weighted by atomic mass is 9.83. The molecule has 0 radical (unpaired) electrons. The molecule has 1 aromatic carbocycles. The minimum atomic E-state index is -0.0887. The minimum Gasteiger partial charge on any atom is -0.507 e. The van der Waals surface area contributed by atoms with Crippen LogP contribution in [0.3, 0.4) is 0 Å². The fourth-order valence-corrected chi connectivity index (χ4v) is 3.03. The van der Waals surface area contributed by atoms with Gasteiger partial charge in [-0.2, -0.15) is 0 Å². The van der Waals surface area contributed by atoms with Gasteiger partial charge in [-0.25, -0.2) is 0 Å². The molecule has 2 nitrogen and oxygen atoms in total. The van der Waals surface area contributed by atoms with Crippen LogP contribution in [0.4, 0.5) is 0 Å². The molecule has 1 saturated heterocycles. The number of hydrogen-bond acceptors (Lipinski definition) is 2. The van der Waals surface area contributed by atoms with Crippen LogP contribution in [-0.2, 0) is 11.8 Å². The van der Waals surface area contributed by atoms with E-state index >= 15 is 0 Å². The van der Waals surface area contributed by atoms with E-state index in [9.17, 15) is 5.11 Å². The second-order valence-corrected chi connectivity index (χ2v) is 7.06. The van der Waals surface area contributed by atoms with E-state index in [1.54, 1.807) is 0 Å². The third-order valence-corrected chi connectivity index (χ3v) is 4.09. The summed E-state index contributed by atoms with van der Waals surface area (Å²) in [7, 11) is 0. The summed E-state index contributed by atoms with van der Waals surface area (Å²) in [4.78, 5) is 0. The summed E-state index contributed by atoms with van der Waals surface area (Å²) in [6.07, 6.45) is 3.35. The summed E-state index contributed by atoms with van der Waals surface area (Å²) >= 11 is 6.22. The zero-order chi connectivity index (χ0) is 14.0. The predicted molar refractivity (Wildman–Crippen MR) is 81.1 cm³/mol. The predicted octanol–water partition coefficient (Wildman–Crippen LogP) is 3.89. The van der Waals surface area contributed by atoms with E-state index in [0.29, 0.717) is 11.7 Å². The maximum Gasteiger partial charge on any atom is 0.122 e. The van der Waals surface area contributed by atoms with Crippen molar-refractivity contribution in [3.8, 4) is 5.75 Å². The number of nitrogens with one attached hydrogen (secondary N) is 1. The Morgan fingerprint density at radius 1 is 1.37 bits per heavy atom. The lowest BCUT2D eigenvalue weighted by molar-refractivity contribution is 0.367. The molecule has 0 aromatic heterocycles. The molecule has 0 spiro atoms. The van der Waals surface area contributed by atoms with Gasteiger partial charge in [-0.3, -0.25) is 0 Å². The Kier molecular flexibility index (Phi) is 4.42. The smallest absolute Gasteiger partial charge is 0.122 e. The number of phenols is 1. The quantitative estimate of drug-likeness (QED) is 0.862. The van der Waals surface area contributed by atoms with Crippen LogP contribution in [0.25, 0.3) is 0 Å². The maximum absolute atomic E-state index is 10.5. The minimum absolute atomic E-state index is 0.0887. The molecule has 2 rings (SSSR count). The molecule has 0 bridgehead atoms. The van der Waals surface area contributed by atoms with E-state index in [-0.39, 0.29) is 5.41 Å². The van der Waals surface area contributed by atoms with Crippen LogP contribution in [-0.4, -0.2) is 18.2 Å². The molecule has 1 aliphatic heterocycles. The Morgan fingerprint density at radius 2 is 2.11 bits per heavy atom. The van der Waals surface area contributed by atoms with Crippen LogP contribution in [0.15, 0.2) is 12.1 Å². The number of piperidine rings is 1. The lowest BCUT2D eigenvalue weighted by Gasteiger charge is -2.26. The van der Waals surface area contributed by atoms with E-state index < -0.39 is 0 Å². The molecular formula is C16H24ClNO. The van der Waals surface area contributed by atoms with Gasteiger partial charge in [0.1, 0.15) is 5.75 Å². The summed E-state index contributed by atoms with van der Waals surface area (Å²) in [5, 5.41) is 14.6. The van der Waals surface area contributed by atoms with E-state index in [4.69, 9.17) is 11.6 Å². The molecule has 0 aliphatic carbocycles. The lowest BCUT2D eigenvalue weighted by Crippen LogP contribution is -2.30. The Morgan fingerprint density at radius 3 is 2.68 bits per heavy atom. The third kappa shape index (κ3) is 3.64. The van der Waals surface area contributed by atoms with Gasteiger partial charge < -0.3 is 10.4 Å². The number of benzene rings is 1. The van der Waals surface area contributed by atoms with Gasteiger partial charge in [0, 0.05) is 10.6 Å². The number of halogens is 1. The van der Waals surface area contributed by atoms with Gasteiger partial charge in [0.15, 0.2) is 0 Å². The molecule has 1 atom stereocenters. The first-order chi connectivity index (χ1) is 8.88. The molecule has 0 saturated carbocycles. The molecule has 2 N–H and O–H groups in total. The normalized spacial score (nSPS) is 20.5. The van der Waals surface area contributed by atoms with E-state index in [1.165, 1.54) is 12.8 Å². The average molecular weight is 282 g/mol. The van der Waals surface area contributed by atoms with Crippen LogP contribution in [0, 0.1) is 5.92 Å². The largest absolute Gasteiger partial charge is 0.507 e. The first-order valence-electron chi connectivity index (χ1n) is 7.10. The Bertz CT molecular complexity index is 445. The Hall–Kier alpha value is -0.730. The van der Waals surface area contributed by atoms with E-state index in [0.717, 1.165) is 35.7 Å². The van der Waals surface area contributed by atoms with Gasteiger partial charge in [-0.05, 0) is 61.4 Å². The molecule has 0 amide bonds. The van der Waals surface area contributed by atoms with Gasteiger partial charge in [0.2, 0.25) is 0 Å². The number of aromatic hydroxyl groups is 1. The van der Waals surface area contributed by atoms with Crippen molar-refractivity contribution >= 4 is 11.6 Å². The Labute approximate surface area is 121 Å². The first-order valence-corrected chi connectivity index (χ1v) is 7.48. The summed E-state index contributed by atoms with van der Waals surface area (Å²) in [6, 6.07) is 3.81. The number of rotatable bonds is 2. The second-order valence-electron chi connectivity index (χ2n) is 6.63. The van der Waals surface area contributed by atoms with Gasteiger partial charge in [-0.1, -0.05) is 32.4 Å². The fraction of sp³-hybridized carbons (Fsp3) is 0.625. The molecule has 19 heavy (non-hydrogen) atoms. The molecule has 1 unspecified atom stereocenters. The number of phenolic OH excluding ortho intramolecular Hbond substituents is 1. The summed E-state index contributed by atoms with van der Waals surface area (Å²) in [5.41, 5.74) is 1.85. The topological polar surface area (TPSA) is 32.3 Å². The van der Waals surface area contributed by atoms with E-state index in [2.05, 4.69) is 26.1 Å². The molecule has 3 heteroatoms. The van der Waals surface area contributed by atoms with Crippen molar-refractivity contribution in [1.82, 2.24) is 5.32 Å². The summed E-state index contributed by atoms with van der Waals surface area (Å²) in [6.45, 7) is 8.46. The zero-order valence-corrected chi connectivity index (χ0v) is 12.8. The van der Waals surface area contributed by atoms with Crippen molar-refractivity contribution in [2.45, 2.75) is 45.4 Å². The highest BCUT2D eigenvalue weighted by atomic mass is 35.5. The molecule has 1 heterocycles.